The van der Waals surface area contributed by atoms with Crippen molar-refractivity contribution < 1.29 is 22.5 Å². The molecular weight excluding hydrogens is 548 g/mol. The van der Waals surface area contributed by atoms with E-state index in [2.05, 4.69) is 20.5 Å². The van der Waals surface area contributed by atoms with Crippen LogP contribution in [0, 0.1) is 23.7 Å². The second-order valence-corrected chi connectivity index (χ2v) is 15.3. The maximum absolute atomic E-state index is 13.6. The van der Waals surface area contributed by atoms with E-state index in [1.807, 2.05) is 0 Å². The van der Waals surface area contributed by atoms with E-state index in [1.54, 1.807) is 11.8 Å². The van der Waals surface area contributed by atoms with Gasteiger partial charge in [0, 0.05) is 29.9 Å². The van der Waals surface area contributed by atoms with Gasteiger partial charge in [-0.1, -0.05) is 19.3 Å². The maximum atomic E-state index is 13.6. The summed E-state index contributed by atoms with van der Waals surface area (Å²) in [5.74, 6) is 3.41. The van der Waals surface area contributed by atoms with Crippen LogP contribution in [0.25, 0.3) is 0 Å². The van der Waals surface area contributed by atoms with Crippen molar-refractivity contribution in [2.75, 3.05) is 19.4 Å². The molecule has 5 saturated carbocycles. The van der Waals surface area contributed by atoms with Crippen molar-refractivity contribution in [3.8, 4) is 5.88 Å². The number of ether oxygens (including phenoxy) is 1. The maximum Gasteiger partial charge on any atom is 0.291 e. The SMILES string of the molecule is CS(=O)(=O)N[C@@H]1CN[C@H](COc2noc(C(=O)NC3C4CC5CC(C4)CC3C5)c2SC2CCCCC2)C1.Cl. The van der Waals surface area contributed by atoms with Crippen LogP contribution in [0.3, 0.4) is 0 Å². The minimum Gasteiger partial charge on any atom is -0.473 e. The summed E-state index contributed by atoms with van der Waals surface area (Å²) in [7, 11) is -3.25. The highest BCUT2D eigenvalue weighted by atomic mass is 35.5. The van der Waals surface area contributed by atoms with E-state index < -0.39 is 10.0 Å². The van der Waals surface area contributed by atoms with Gasteiger partial charge in [-0.25, -0.2) is 13.1 Å². The number of nitrogens with zero attached hydrogens (tertiary/aromatic N) is 1. The summed E-state index contributed by atoms with van der Waals surface area (Å²) in [5, 5.41) is 11.3. The molecule has 0 radical (unpaired) electrons. The van der Waals surface area contributed by atoms with Crippen LogP contribution in [0.15, 0.2) is 9.42 Å². The van der Waals surface area contributed by atoms with E-state index in [0.717, 1.165) is 29.6 Å². The number of hydrogen-bond donors (Lipinski definition) is 3. The van der Waals surface area contributed by atoms with Gasteiger partial charge in [0.25, 0.3) is 11.8 Å². The third kappa shape index (κ3) is 6.48. The fraction of sp³-hybridized carbons (Fsp3) is 0.846. The lowest BCUT2D eigenvalue weighted by Gasteiger charge is -2.54. The lowest BCUT2D eigenvalue weighted by Crippen LogP contribution is -2.55. The molecule has 38 heavy (non-hydrogen) atoms. The van der Waals surface area contributed by atoms with E-state index in [-0.39, 0.29) is 42.2 Å². The zero-order valence-corrected chi connectivity index (χ0v) is 24.5. The Morgan fingerprint density at radius 3 is 2.42 bits per heavy atom. The van der Waals surface area contributed by atoms with Crippen LogP contribution in [0.1, 0.15) is 81.2 Å². The molecule has 4 bridgehead atoms. The molecular formula is C26H41ClN4O5S2. The molecule has 0 spiro atoms. The second kappa shape index (κ2) is 11.8. The fourth-order valence-corrected chi connectivity index (χ4v) is 9.97. The van der Waals surface area contributed by atoms with Crippen molar-refractivity contribution in [2.24, 2.45) is 23.7 Å². The third-order valence-electron chi connectivity index (χ3n) is 9.21. The van der Waals surface area contributed by atoms with Gasteiger partial charge in [-0.2, -0.15) is 0 Å². The van der Waals surface area contributed by atoms with E-state index in [4.69, 9.17) is 9.26 Å². The first-order chi connectivity index (χ1) is 17.8. The molecule has 0 aromatic carbocycles. The van der Waals surface area contributed by atoms with Gasteiger partial charge >= 0.3 is 0 Å². The molecule has 1 aliphatic heterocycles. The Labute approximate surface area is 236 Å². The summed E-state index contributed by atoms with van der Waals surface area (Å²) in [6.45, 7) is 0.895. The molecule has 1 amide bonds. The minimum atomic E-state index is -3.25. The van der Waals surface area contributed by atoms with E-state index >= 15 is 0 Å². The average Bonchev–Trinajstić information content (AvgIpc) is 3.45. The molecule has 12 heteroatoms. The smallest absolute Gasteiger partial charge is 0.291 e. The standard InChI is InChI=1S/C26H40N4O5S2.ClH/c1-37(32,33)30-19-12-20(27-13-19)14-34-26-24(36-21-5-3-2-4-6-21)23(35-29-26)25(31)28-22-17-8-15-7-16(10-17)11-18(22)9-15;/h15-22,27,30H,2-14H2,1H3,(H,28,31);1H/t15?,16?,17?,18?,19-,20-,22?;/m0./s1. The number of carbonyl (C=O) groups is 1. The quantitative estimate of drug-likeness (QED) is 0.399. The van der Waals surface area contributed by atoms with Crippen LogP contribution in [-0.4, -0.2) is 62.3 Å². The Morgan fingerprint density at radius 2 is 1.76 bits per heavy atom. The Hall–Kier alpha value is -1.01. The molecule has 6 aliphatic rings. The molecule has 2 atom stereocenters. The van der Waals surface area contributed by atoms with Crippen LogP contribution in [0.4, 0.5) is 0 Å². The summed E-state index contributed by atoms with van der Waals surface area (Å²) in [6, 6.07) is 0.0809. The van der Waals surface area contributed by atoms with Gasteiger partial charge in [-0.3, -0.25) is 4.79 Å². The summed E-state index contributed by atoms with van der Waals surface area (Å²) >= 11 is 1.68. The van der Waals surface area contributed by atoms with Gasteiger partial charge in [-0.05, 0) is 80.2 Å². The number of rotatable bonds is 9. The van der Waals surface area contributed by atoms with Crippen molar-refractivity contribution >= 4 is 40.1 Å². The predicted octanol–water partition coefficient (Wildman–Crippen LogP) is 3.73. The van der Waals surface area contributed by atoms with E-state index in [0.29, 0.717) is 42.5 Å². The second-order valence-electron chi connectivity index (χ2n) is 12.2. The van der Waals surface area contributed by atoms with Gasteiger partial charge in [0.05, 0.1) is 6.26 Å². The number of aromatic nitrogens is 1. The van der Waals surface area contributed by atoms with Crippen LogP contribution in [-0.2, 0) is 10.0 Å². The van der Waals surface area contributed by atoms with Gasteiger partial charge in [0.2, 0.25) is 15.8 Å². The van der Waals surface area contributed by atoms with Crippen LogP contribution >= 0.6 is 24.2 Å². The first kappa shape index (κ1) is 28.5. The number of carbonyl (C=O) groups excluding carboxylic acids is 1. The first-order valence-corrected chi connectivity index (χ1v) is 16.9. The number of nitrogens with one attached hydrogen (secondary N) is 3. The third-order valence-corrected chi connectivity index (χ3v) is 11.4. The van der Waals surface area contributed by atoms with Crippen molar-refractivity contribution in [1.82, 2.24) is 20.5 Å². The molecule has 2 heterocycles. The summed E-state index contributed by atoms with van der Waals surface area (Å²) < 4.78 is 37.6. The van der Waals surface area contributed by atoms with Crippen LogP contribution < -0.4 is 20.1 Å². The molecule has 1 aromatic rings. The zero-order chi connectivity index (χ0) is 25.6. The van der Waals surface area contributed by atoms with Crippen LogP contribution in [0.5, 0.6) is 5.88 Å². The van der Waals surface area contributed by atoms with Gasteiger partial charge in [0.15, 0.2) is 0 Å². The Morgan fingerprint density at radius 1 is 1.08 bits per heavy atom. The average molecular weight is 589 g/mol. The number of halogens is 1. The highest BCUT2D eigenvalue weighted by Gasteiger charge is 2.49. The zero-order valence-electron chi connectivity index (χ0n) is 22.0. The van der Waals surface area contributed by atoms with Crippen molar-refractivity contribution in [2.45, 2.75) is 98.9 Å². The Kier molecular flexibility index (Phi) is 8.89. The Bertz CT molecular complexity index is 1070. The number of sulfonamides is 1. The van der Waals surface area contributed by atoms with E-state index in [1.165, 1.54) is 57.6 Å². The molecule has 9 nitrogen and oxygen atoms in total. The predicted molar refractivity (Wildman–Crippen MR) is 148 cm³/mol. The van der Waals surface area contributed by atoms with Crippen molar-refractivity contribution in [3.63, 3.8) is 0 Å². The topological polar surface area (TPSA) is 123 Å². The van der Waals surface area contributed by atoms with Crippen molar-refractivity contribution in [1.29, 1.82) is 0 Å². The van der Waals surface area contributed by atoms with Gasteiger partial charge < -0.3 is 19.9 Å². The van der Waals surface area contributed by atoms with Crippen molar-refractivity contribution in [3.05, 3.63) is 5.76 Å². The molecule has 5 aliphatic carbocycles. The molecule has 1 saturated heterocycles. The minimum absolute atomic E-state index is 0. The number of thioether (sulfide) groups is 1. The fourth-order valence-electron chi connectivity index (χ4n) is 7.85. The lowest BCUT2D eigenvalue weighted by atomic mass is 9.54. The molecule has 3 N–H and O–H groups in total. The first-order valence-electron chi connectivity index (χ1n) is 14.1. The highest BCUT2D eigenvalue weighted by Crippen LogP contribution is 2.54. The van der Waals surface area contributed by atoms with Gasteiger partial charge in [-0.15, -0.1) is 24.2 Å². The van der Waals surface area contributed by atoms with Crippen LogP contribution in [0.2, 0.25) is 0 Å². The number of amides is 1. The van der Waals surface area contributed by atoms with E-state index in [9.17, 15) is 13.2 Å². The summed E-state index contributed by atoms with van der Waals surface area (Å²) in [4.78, 5) is 14.3. The summed E-state index contributed by atoms with van der Waals surface area (Å²) in [5.41, 5.74) is 0. The molecule has 1 aromatic heterocycles. The molecule has 0 unspecified atom stereocenters. The Balaban J connectivity index is 0.00000294. The number of hydrogen-bond acceptors (Lipinski definition) is 8. The largest absolute Gasteiger partial charge is 0.473 e. The summed E-state index contributed by atoms with van der Waals surface area (Å²) in [6.07, 6.45) is 14.1. The normalized spacial score (nSPS) is 34.7. The highest BCUT2D eigenvalue weighted by molar-refractivity contribution is 8.00. The molecule has 214 valence electrons. The lowest BCUT2D eigenvalue weighted by molar-refractivity contribution is -0.0124. The molecule has 6 fully saturated rings. The monoisotopic (exact) mass is 588 g/mol. The molecule has 7 rings (SSSR count). The van der Waals surface area contributed by atoms with Gasteiger partial charge in [0.1, 0.15) is 11.5 Å².